The van der Waals surface area contributed by atoms with Gasteiger partial charge in [0.25, 0.3) is 5.91 Å². The Labute approximate surface area is 186 Å². The van der Waals surface area contributed by atoms with Crippen LogP contribution in [0.15, 0.2) is 83.5 Å². The maximum Gasteiger partial charge on any atom is 0.255 e. The highest BCUT2D eigenvalue weighted by atomic mass is 16.5. The van der Waals surface area contributed by atoms with E-state index in [0.29, 0.717) is 22.6 Å². The maximum atomic E-state index is 12.7. The van der Waals surface area contributed by atoms with Crippen LogP contribution in [-0.4, -0.2) is 18.9 Å². The zero-order chi connectivity index (χ0) is 22.5. The number of amides is 2. The predicted octanol–water partition coefficient (Wildman–Crippen LogP) is 5.11. The summed E-state index contributed by atoms with van der Waals surface area (Å²) in [6.45, 7) is 1.91. The molecule has 0 aliphatic rings. The summed E-state index contributed by atoms with van der Waals surface area (Å²) in [6, 6.07) is 21.8. The van der Waals surface area contributed by atoms with Gasteiger partial charge in [0, 0.05) is 28.3 Å². The minimum atomic E-state index is -0.227. The zero-order valence-corrected chi connectivity index (χ0v) is 17.9. The third-order valence-corrected chi connectivity index (χ3v) is 5.27. The first kappa shape index (κ1) is 21.2. The number of ether oxygens (including phenoxy) is 1. The number of nitrogens with one attached hydrogen (secondary N) is 2. The van der Waals surface area contributed by atoms with E-state index < -0.39 is 0 Å². The Kier molecular flexibility index (Phi) is 6.22. The molecule has 0 fully saturated rings. The molecule has 162 valence electrons. The van der Waals surface area contributed by atoms with Gasteiger partial charge in [-0.1, -0.05) is 30.3 Å². The van der Waals surface area contributed by atoms with Gasteiger partial charge in [-0.3, -0.25) is 9.59 Å². The minimum absolute atomic E-state index is 0.116. The van der Waals surface area contributed by atoms with Crippen LogP contribution in [-0.2, 0) is 11.2 Å². The number of hydrogen-bond acceptors (Lipinski definition) is 4. The zero-order valence-electron chi connectivity index (χ0n) is 17.9. The van der Waals surface area contributed by atoms with Crippen LogP contribution in [0.5, 0.6) is 5.75 Å². The molecule has 4 rings (SSSR count). The lowest BCUT2D eigenvalue weighted by atomic mass is 10.1. The second kappa shape index (κ2) is 9.39. The van der Waals surface area contributed by atoms with Crippen molar-refractivity contribution in [3.63, 3.8) is 0 Å². The molecule has 1 heterocycles. The Morgan fingerprint density at radius 2 is 1.81 bits per heavy atom. The molecule has 0 unspecified atom stereocenters. The van der Waals surface area contributed by atoms with E-state index in [1.165, 1.54) is 0 Å². The smallest absolute Gasteiger partial charge is 0.255 e. The predicted molar refractivity (Wildman–Crippen MR) is 124 cm³/mol. The number of methoxy groups -OCH3 is 1. The lowest BCUT2D eigenvalue weighted by molar-refractivity contribution is -0.121. The van der Waals surface area contributed by atoms with Crippen molar-refractivity contribution in [1.82, 2.24) is 5.32 Å². The summed E-state index contributed by atoms with van der Waals surface area (Å²) in [4.78, 5) is 25.1. The highest BCUT2D eigenvalue weighted by Crippen LogP contribution is 2.26. The fourth-order valence-corrected chi connectivity index (χ4v) is 3.55. The van der Waals surface area contributed by atoms with Gasteiger partial charge in [-0.15, -0.1) is 0 Å². The SMILES string of the molecule is COc1ccc2c(CC(=O)N[C@H](C)c3cccc(NC(=O)c4ccccc4)c3)coc2c1. The monoisotopic (exact) mass is 428 g/mol. The molecule has 0 saturated carbocycles. The topological polar surface area (TPSA) is 80.6 Å². The summed E-state index contributed by atoms with van der Waals surface area (Å²) in [5, 5.41) is 6.80. The highest BCUT2D eigenvalue weighted by molar-refractivity contribution is 6.04. The lowest BCUT2D eigenvalue weighted by Crippen LogP contribution is -2.28. The van der Waals surface area contributed by atoms with Crippen LogP contribution in [0.25, 0.3) is 11.0 Å². The standard InChI is InChI=1S/C26H24N2O4/c1-17(19-9-6-10-21(13-19)28-26(30)18-7-4-3-5-8-18)27-25(29)14-20-16-32-24-15-22(31-2)11-12-23(20)24/h3-13,15-17H,14H2,1-2H3,(H,27,29)(H,28,30)/t17-/m1/s1. The summed E-state index contributed by atoms with van der Waals surface area (Å²) in [5.41, 5.74) is 3.65. The Bertz CT molecular complexity index is 1250. The fraction of sp³-hybridized carbons (Fsp3) is 0.154. The summed E-state index contributed by atoms with van der Waals surface area (Å²) in [6.07, 6.45) is 1.81. The van der Waals surface area contributed by atoms with Crippen molar-refractivity contribution in [3.8, 4) is 5.75 Å². The quantitative estimate of drug-likeness (QED) is 0.428. The molecule has 0 bridgehead atoms. The molecule has 2 N–H and O–H groups in total. The Hall–Kier alpha value is -4.06. The van der Waals surface area contributed by atoms with Gasteiger partial charge >= 0.3 is 0 Å². The van der Waals surface area contributed by atoms with Crippen molar-refractivity contribution in [2.75, 3.05) is 12.4 Å². The molecule has 32 heavy (non-hydrogen) atoms. The largest absolute Gasteiger partial charge is 0.497 e. The average Bonchev–Trinajstić information content (AvgIpc) is 3.21. The molecule has 1 atom stereocenters. The molecule has 1 aromatic heterocycles. The number of carbonyl (C=O) groups is 2. The number of hydrogen-bond donors (Lipinski definition) is 2. The molecule has 0 saturated heterocycles. The van der Waals surface area contributed by atoms with Gasteiger partial charge in [0.2, 0.25) is 5.91 Å². The van der Waals surface area contributed by atoms with E-state index in [-0.39, 0.29) is 24.3 Å². The van der Waals surface area contributed by atoms with Crippen molar-refractivity contribution in [3.05, 3.63) is 95.7 Å². The Balaban J connectivity index is 1.40. The van der Waals surface area contributed by atoms with Crippen molar-refractivity contribution >= 4 is 28.5 Å². The van der Waals surface area contributed by atoms with Gasteiger partial charge in [-0.2, -0.15) is 0 Å². The number of furan rings is 1. The van der Waals surface area contributed by atoms with Crippen molar-refractivity contribution in [2.24, 2.45) is 0 Å². The van der Waals surface area contributed by atoms with Crippen LogP contribution in [0, 0.1) is 0 Å². The second-order valence-electron chi connectivity index (χ2n) is 7.53. The number of benzene rings is 3. The van der Waals surface area contributed by atoms with Crippen LogP contribution in [0.2, 0.25) is 0 Å². The van der Waals surface area contributed by atoms with E-state index >= 15 is 0 Å². The van der Waals surface area contributed by atoms with Gasteiger partial charge < -0.3 is 19.8 Å². The van der Waals surface area contributed by atoms with E-state index in [1.807, 2.05) is 61.5 Å². The van der Waals surface area contributed by atoms with Crippen molar-refractivity contribution in [1.29, 1.82) is 0 Å². The Morgan fingerprint density at radius 1 is 1.00 bits per heavy atom. The van der Waals surface area contributed by atoms with E-state index in [0.717, 1.165) is 16.5 Å². The molecular weight excluding hydrogens is 404 g/mol. The van der Waals surface area contributed by atoms with Crippen LogP contribution in [0.4, 0.5) is 5.69 Å². The van der Waals surface area contributed by atoms with Crippen molar-refractivity contribution in [2.45, 2.75) is 19.4 Å². The van der Waals surface area contributed by atoms with Gasteiger partial charge in [0.1, 0.15) is 11.3 Å². The normalized spacial score (nSPS) is 11.7. The molecule has 3 aromatic carbocycles. The third kappa shape index (κ3) is 4.81. The van der Waals surface area contributed by atoms with E-state index in [4.69, 9.17) is 9.15 Å². The summed E-state index contributed by atoms with van der Waals surface area (Å²) in [5.74, 6) is 0.411. The molecule has 0 aliphatic carbocycles. The number of carbonyl (C=O) groups excluding carboxylic acids is 2. The number of anilines is 1. The van der Waals surface area contributed by atoms with Gasteiger partial charge in [-0.25, -0.2) is 0 Å². The van der Waals surface area contributed by atoms with E-state index in [1.54, 1.807) is 31.6 Å². The number of fused-ring (bicyclic) bond motifs is 1. The van der Waals surface area contributed by atoms with Crippen LogP contribution < -0.4 is 15.4 Å². The van der Waals surface area contributed by atoms with Gasteiger partial charge in [0.05, 0.1) is 25.8 Å². The molecule has 0 radical (unpaired) electrons. The first-order chi connectivity index (χ1) is 15.5. The summed E-state index contributed by atoms with van der Waals surface area (Å²) >= 11 is 0. The Morgan fingerprint density at radius 3 is 2.59 bits per heavy atom. The van der Waals surface area contributed by atoms with Gasteiger partial charge in [-0.05, 0) is 48.9 Å². The average molecular weight is 428 g/mol. The molecule has 6 nitrogen and oxygen atoms in total. The van der Waals surface area contributed by atoms with Crippen molar-refractivity contribution < 1.29 is 18.7 Å². The molecule has 0 aliphatic heterocycles. The summed E-state index contributed by atoms with van der Waals surface area (Å²) in [7, 11) is 1.60. The van der Waals surface area contributed by atoms with E-state index in [9.17, 15) is 9.59 Å². The first-order valence-electron chi connectivity index (χ1n) is 10.3. The third-order valence-electron chi connectivity index (χ3n) is 5.27. The van der Waals surface area contributed by atoms with Crippen LogP contribution in [0.3, 0.4) is 0 Å². The maximum absolute atomic E-state index is 12.7. The molecule has 2 amide bonds. The van der Waals surface area contributed by atoms with Crippen LogP contribution in [0.1, 0.15) is 34.5 Å². The lowest BCUT2D eigenvalue weighted by Gasteiger charge is -2.15. The fourth-order valence-electron chi connectivity index (χ4n) is 3.55. The molecule has 0 spiro atoms. The second-order valence-corrected chi connectivity index (χ2v) is 7.53. The summed E-state index contributed by atoms with van der Waals surface area (Å²) < 4.78 is 10.8. The molecule has 6 heteroatoms. The molecular formula is C26H24N2O4. The minimum Gasteiger partial charge on any atom is -0.497 e. The number of rotatable bonds is 7. The van der Waals surface area contributed by atoms with Gasteiger partial charge in [0.15, 0.2) is 0 Å². The van der Waals surface area contributed by atoms with E-state index in [2.05, 4.69) is 10.6 Å². The molecule has 4 aromatic rings. The first-order valence-corrected chi connectivity index (χ1v) is 10.3. The highest BCUT2D eigenvalue weighted by Gasteiger charge is 2.15. The van der Waals surface area contributed by atoms with Crippen LogP contribution >= 0.6 is 0 Å².